The highest BCUT2D eigenvalue weighted by molar-refractivity contribution is 5.76. The van der Waals surface area contributed by atoms with Crippen LogP contribution in [0.25, 0.3) is 11.3 Å². The highest BCUT2D eigenvalue weighted by Crippen LogP contribution is 2.24. The summed E-state index contributed by atoms with van der Waals surface area (Å²) < 4.78 is 34.4. The molecular weight excluding hydrogens is 400 g/mol. The van der Waals surface area contributed by atoms with E-state index in [9.17, 15) is 13.6 Å². The normalized spacial score (nSPS) is 11.6. The number of amides is 1. The summed E-state index contributed by atoms with van der Waals surface area (Å²) in [6.45, 7) is 0.597. The molecule has 0 fully saturated rings. The van der Waals surface area contributed by atoms with Crippen LogP contribution in [0.3, 0.4) is 0 Å². The number of aryl methyl sites for hydroxylation is 1. The summed E-state index contributed by atoms with van der Waals surface area (Å²) >= 11 is 0. The van der Waals surface area contributed by atoms with Crippen LogP contribution >= 0.6 is 0 Å². The highest BCUT2D eigenvalue weighted by Gasteiger charge is 2.13. The van der Waals surface area contributed by atoms with Gasteiger partial charge in [0.1, 0.15) is 17.1 Å². The zero-order chi connectivity index (χ0) is 21.6. The molecule has 0 atom stereocenters. The standard InChI is InChI=1S/C24H19F2N3O2/c25-18-9-10-19(20(26)14-18)21-15-27-24(31-21)12-11-23(30)28-22-8-4-5-13-29(22)16-17-6-2-1-3-7-17/h1-10,13-15H,11-12,16H2. The average Bonchev–Trinajstić information content (AvgIpc) is 3.23. The van der Waals surface area contributed by atoms with Crippen LogP contribution in [0.1, 0.15) is 17.9 Å². The van der Waals surface area contributed by atoms with Crippen LogP contribution in [-0.2, 0) is 17.8 Å². The quantitative estimate of drug-likeness (QED) is 0.461. The third-order valence-electron chi connectivity index (χ3n) is 4.65. The van der Waals surface area contributed by atoms with Crippen molar-refractivity contribution in [3.8, 4) is 11.3 Å². The molecule has 0 spiro atoms. The molecule has 0 N–H and O–H groups in total. The first-order valence-corrected chi connectivity index (χ1v) is 9.75. The van der Waals surface area contributed by atoms with Crippen molar-refractivity contribution in [3.05, 3.63) is 108 Å². The van der Waals surface area contributed by atoms with Crippen molar-refractivity contribution in [2.24, 2.45) is 4.99 Å². The van der Waals surface area contributed by atoms with Gasteiger partial charge in [-0.2, -0.15) is 4.99 Å². The number of hydrogen-bond acceptors (Lipinski definition) is 3. The summed E-state index contributed by atoms with van der Waals surface area (Å²) in [6, 6.07) is 18.6. The molecule has 0 aliphatic heterocycles. The van der Waals surface area contributed by atoms with Crippen molar-refractivity contribution < 1.29 is 18.0 Å². The van der Waals surface area contributed by atoms with Gasteiger partial charge in [0, 0.05) is 31.6 Å². The van der Waals surface area contributed by atoms with E-state index in [4.69, 9.17) is 4.42 Å². The van der Waals surface area contributed by atoms with E-state index in [0.717, 1.165) is 17.7 Å². The third kappa shape index (κ3) is 5.19. The number of nitrogens with zero attached hydrogens (tertiary/aromatic N) is 3. The molecule has 5 nitrogen and oxygen atoms in total. The summed E-state index contributed by atoms with van der Waals surface area (Å²) in [4.78, 5) is 20.7. The topological polar surface area (TPSA) is 60.4 Å². The molecule has 2 aromatic carbocycles. The predicted molar refractivity (Wildman–Crippen MR) is 111 cm³/mol. The maximum Gasteiger partial charge on any atom is 0.248 e. The molecule has 7 heteroatoms. The van der Waals surface area contributed by atoms with E-state index >= 15 is 0 Å². The van der Waals surface area contributed by atoms with E-state index in [1.165, 1.54) is 12.3 Å². The number of hydrogen-bond donors (Lipinski definition) is 0. The zero-order valence-corrected chi connectivity index (χ0v) is 16.5. The van der Waals surface area contributed by atoms with E-state index in [2.05, 4.69) is 9.98 Å². The SMILES string of the molecule is O=C(CCc1ncc(-c2ccc(F)cc2F)o1)N=c1ccccn1Cc1ccccc1. The van der Waals surface area contributed by atoms with Gasteiger partial charge >= 0.3 is 0 Å². The van der Waals surface area contributed by atoms with Crippen LogP contribution in [0.5, 0.6) is 0 Å². The Balaban J connectivity index is 1.44. The molecule has 2 aromatic heterocycles. The zero-order valence-electron chi connectivity index (χ0n) is 16.5. The molecule has 0 unspecified atom stereocenters. The number of oxazole rings is 1. The fraction of sp³-hybridized carbons (Fsp3) is 0.125. The van der Waals surface area contributed by atoms with Gasteiger partial charge in [0.25, 0.3) is 0 Å². The minimum absolute atomic E-state index is 0.0894. The molecule has 0 bridgehead atoms. The first-order valence-electron chi connectivity index (χ1n) is 9.75. The number of carbonyl (C=O) groups excluding carboxylic acids is 1. The lowest BCUT2D eigenvalue weighted by molar-refractivity contribution is -0.118. The van der Waals surface area contributed by atoms with Gasteiger partial charge < -0.3 is 8.98 Å². The molecular formula is C24H19F2N3O2. The fourth-order valence-corrected chi connectivity index (χ4v) is 3.12. The van der Waals surface area contributed by atoms with Crippen LogP contribution in [0.4, 0.5) is 8.78 Å². The molecule has 2 heterocycles. The summed E-state index contributed by atoms with van der Waals surface area (Å²) in [5.41, 5.74) is 1.77. The van der Waals surface area contributed by atoms with Crippen molar-refractivity contribution >= 4 is 5.91 Å². The molecule has 4 rings (SSSR count). The van der Waals surface area contributed by atoms with E-state index < -0.39 is 11.6 Å². The Morgan fingerprint density at radius 2 is 1.84 bits per heavy atom. The second kappa shape index (κ2) is 9.30. The lowest BCUT2D eigenvalue weighted by Gasteiger charge is -2.07. The van der Waals surface area contributed by atoms with E-state index in [0.29, 0.717) is 12.0 Å². The molecule has 31 heavy (non-hydrogen) atoms. The molecule has 0 radical (unpaired) electrons. The van der Waals surface area contributed by atoms with Crippen LogP contribution < -0.4 is 5.49 Å². The molecule has 0 saturated heterocycles. The Morgan fingerprint density at radius 3 is 2.65 bits per heavy atom. The van der Waals surface area contributed by atoms with Gasteiger partial charge in [-0.15, -0.1) is 0 Å². The van der Waals surface area contributed by atoms with Crippen LogP contribution in [0.2, 0.25) is 0 Å². The maximum atomic E-state index is 13.9. The molecule has 156 valence electrons. The number of halogens is 2. The van der Waals surface area contributed by atoms with Gasteiger partial charge in [-0.05, 0) is 29.8 Å². The van der Waals surface area contributed by atoms with Crippen molar-refractivity contribution in [2.75, 3.05) is 0 Å². The van der Waals surface area contributed by atoms with Crippen LogP contribution in [0, 0.1) is 11.6 Å². The van der Waals surface area contributed by atoms with Gasteiger partial charge in [0.15, 0.2) is 11.7 Å². The van der Waals surface area contributed by atoms with Gasteiger partial charge in [-0.3, -0.25) is 4.79 Å². The average molecular weight is 419 g/mol. The van der Waals surface area contributed by atoms with Gasteiger partial charge in [-0.25, -0.2) is 13.8 Å². The van der Waals surface area contributed by atoms with E-state index in [-0.39, 0.29) is 36.0 Å². The van der Waals surface area contributed by atoms with Crippen LogP contribution in [0.15, 0.2) is 88.5 Å². The lowest BCUT2D eigenvalue weighted by Crippen LogP contribution is -2.22. The van der Waals surface area contributed by atoms with Gasteiger partial charge in [-0.1, -0.05) is 36.4 Å². The monoisotopic (exact) mass is 419 g/mol. The molecule has 1 amide bonds. The second-order valence-corrected chi connectivity index (χ2v) is 6.92. The minimum atomic E-state index is -0.735. The Kier molecular flexibility index (Phi) is 6.12. The van der Waals surface area contributed by atoms with Gasteiger partial charge in [0.05, 0.1) is 11.8 Å². The Bertz CT molecular complexity index is 1260. The first-order chi connectivity index (χ1) is 15.1. The molecule has 0 saturated carbocycles. The van der Waals surface area contributed by atoms with Crippen molar-refractivity contribution in [3.63, 3.8) is 0 Å². The first kappa shape index (κ1) is 20.4. The molecule has 0 aliphatic rings. The van der Waals surface area contributed by atoms with Gasteiger partial charge in [0.2, 0.25) is 5.91 Å². The van der Waals surface area contributed by atoms with Crippen molar-refractivity contribution in [1.82, 2.24) is 9.55 Å². The largest absolute Gasteiger partial charge is 0.441 e. The Labute approximate surface area is 177 Å². The minimum Gasteiger partial charge on any atom is -0.441 e. The predicted octanol–water partition coefficient (Wildman–Crippen LogP) is 4.53. The number of pyridine rings is 1. The number of rotatable bonds is 6. The lowest BCUT2D eigenvalue weighted by atomic mass is 10.2. The summed E-state index contributed by atoms with van der Waals surface area (Å²) in [5.74, 6) is -1.26. The number of benzene rings is 2. The van der Waals surface area contributed by atoms with E-state index in [1.54, 1.807) is 6.07 Å². The maximum absolute atomic E-state index is 13.9. The molecule has 4 aromatic rings. The van der Waals surface area contributed by atoms with Crippen LogP contribution in [-0.4, -0.2) is 15.5 Å². The van der Waals surface area contributed by atoms with Crippen molar-refractivity contribution in [1.29, 1.82) is 0 Å². The summed E-state index contributed by atoms with van der Waals surface area (Å²) in [6.07, 6.45) is 3.54. The Hall–Kier alpha value is -3.87. The fourth-order valence-electron chi connectivity index (χ4n) is 3.12. The summed E-state index contributed by atoms with van der Waals surface area (Å²) in [7, 11) is 0. The summed E-state index contributed by atoms with van der Waals surface area (Å²) in [5, 5.41) is 0. The molecule has 0 aliphatic carbocycles. The third-order valence-corrected chi connectivity index (χ3v) is 4.65. The van der Waals surface area contributed by atoms with E-state index in [1.807, 2.05) is 53.2 Å². The second-order valence-electron chi connectivity index (χ2n) is 6.92. The Morgan fingerprint density at radius 1 is 1.03 bits per heavy atom. The van der Waals surface area contributed by atoms with Crippen molar-refractivity contribution in [2.45, 2.75) is 19.4 Å². The number of carbonyl (C=O) groups is 1. The smallest absolute Gasteiger partial charge is 0.248 e. The number of aromatic nitrogens is 2. The highest BCUT2D eigenvalue weighted by atomic mass is 19.1.